The Morgan fingerprint density at radius 2 is 2.41 bits per heavy atom. The number of hydrogen-bond acceptors (Lipinski definition) is 7. The van der Waals surface area contributed by atoms with Gasteiger partial charge in [-0.05, 0) is 12.1 Å². The Hall–Kier alpha value is -2.55. The molecule has 0 atom stereocenters. The third kappa shape index (κ3) is 3.37. The lowest BCUT2D eigenvalue weighted by Gasteiger charge is -2.06. The number of rotatable bonds is 6. The number of carbonyl (C=O) groups is 1. The minimum absolute atomic E-state index is 0.0845. The number of amides is 1. The number of nitrogens with zero attached hydrogens (tertiary/aromatic N) is 4. The topological polar surface area (TPSA) is 94.5 Å². The lowest BCUT2D eigenvalue weighted by Crippen LogP contribution is -2.12. The highest BCUT2D eigenvalue weighted by Gasteiger charge is 2.09. The van der Waals surface area contributed by atoms with E-state index in [-0.39, 0.29) is 5.91 Å². The number of aromatic nitrogens is 4. The number of methoxy groups -OCH3 is 1. The Morgan fingerprint density at radius 1 is 1.50 bits per heavy atom. The van der Waals surface area contributed by atoms with Crippen LogP contribution in [0.3, 0.4) is 0 Å². The minimum atomic E-state index is -0.0845. The minimum Gasteiger partial charge on any atom is -0.497 e. The van der Waals surface area contributed by atoms with Gasteiger partial charge in [0, 0.05) is 23.9 Å². The van der Waals surface area contributed by atoms with Crippen molar-refractivity contribution in [2.24, 2.45) is 0 Å². The van der Waals surface area contributed by atoms with Crippen LogP contribution in [0.5, 0.6) is 5.75 Å². The number of hydrogen-bond donors (Lipinski definition) is 1. The molecule has 0 fully saturated rings. The lowest BCUT2D eigenvalue weighted by atomic mass is 10.3. The SMILES string of the molecule is COc1cccc(NC(=O)CCSc2nn3cnnc3o2)c1. The summed E-state index contributed by atoms with van der Waals surface area (Å²) in [6, 6.07) is 7.21. The monoisotopic (exact) mass is 319 g/mol. The van der Waals surface area contributed by atoms with Crippen molar-refractivity contribution < 1.29 is 13.9 Å². The standard InChI is InChI=1S/C13H13N5O3S/c1-20-10-4-2-3-9(7-10)15-11(19)5-6-22-13-17-18-8-14-16-12(18)21-13/h2-4,7-8H,5-6H2,1H3,(H,15,19). The van der Waals surface area contributed by atoms with E-state index >= 15 is 0 Å². The molecule has 1 amide bonds. The smallest absolute Gasteiger partial charge is 0.345 e. The molecule has 2 heterocycles. The zero-order chi connectivity index (χ0) is 15.4. The molecule has 0 unspecified atom stereocenters. The number of nitrogens with one attached hydrogen (secondary N) is 1. The van der Waals surface area contributed by atoms with E-state index in [9.17, 15) is 4.79 Å². The molecule has 0 aliphatic carbocycles. The Bertz CT molecular complexity index is 756. The van der Waals surface area contributed by atoms with Crippen LogP contribution < -0.4 is 10.1 Å². The Balaban J connectivity index is 1.48. The molecule has 114 valence electrons. The summed E-state index contributed by atoms with van der Waals surface area (Å²) in [7, 11) is 1.58. The molecule has 8 nitrogen and oxygen atoms in total. The van der Waals surface area contributed by atoms with Crippen molar-refractivity contribution in [1.29, 1.82) is 0 Å². The second kappa shape index (κ2) is 6.48. The van der Waals surface area contributed by atoms with Gasteiger partial charge in [-0.15, -0.1) is 10.2 Å². The van der Waals surface area contributed by atoms with Gasteiger partial charge in [0.15, 0.2) is 0 Å². The maximum atomic E-state index is 11.9. The van der Waals surface area contributed by atoms with Gasteiger partial charge in [0.05, 0.1) is 7.11 Å². The average molecular weight is 319 g/mol. The summed E-state index contributed by atoms with van der Waals surface area (Å²) in [4.78, 5) is 11.9. The zero-order valence-electron chi connectivity index (χ0n) is 11.7. The third-order valence-corrected chi connectivity index (χ3v) is 3.60. The van der Waals surface area contributed by atoms with Crippen molar-refractivity contribution in [3.05, 3.63) is 30.6 Å². The van der Waals surface area contributed by atoms with Crippen molar-refractivity contribution in [3.8, 4) is 5.75 Å². The molecule has 0 aliphatic rings. The van der Waals surface area contributed by atoms with E-state index in [4.69, 9.17) is 9.15 Å². The normalized spacial score (nSPS) is 10.8. The highest BCUT2D eigenvalue weighted by atomic mass is 32.2. The quantitative estimate of drug-likeness (QED) is 0.693. The maximum absolute atomic E-state index is 11.9. The summed E-state index contributed by atoms with van der Waals surface area (Å²) in [6.07, 6.45) is 1.79. The molecule has 9 heteroatoms. The number of carbonyl (C=O) groups excluding carboxylic acids is 1. The van der Waals surface area contributed by atoms with E-state index in [0.717, 1.165) is 0 Å². The van der Waals surface area contributed by atoms with Crippen LogP contribution in [-0.4, -0.2) is 38.6 Å². The fourth-order valence-corrected chi connectivity index (χ4v) is 2.50. The lowest BCUT2D eigenvalue weighted by molar-refractivity contribution is -0.115. The van der Waals surface area contributed by atoms with Crippen LogP contribution in [0.4, 0.5) is 5.69 Å². The first kappa shape index (κ1) is 14.4. The van der Waals surface area contributed by atoms with Crippen LogP contribution in [0.15, 0.2) is 40.2 Å². The van der Waals surface area contributed by atoms with Gasteiger partial charge in [-0.2, -0.15) is 4.52 Å². The Morgan fingerprint density at radius 3 is 3.23 bits per heavy atom. The predicted molar refractivity (Wildman–Crippen MR) is 80.0 cm³/mol. The van der Waals surface area contributed by atoms with Crippen LogP contribution in [-0.2, 0) is 4.79 Å². The molecule has 0 radical (unpaired) electrons. The Kier molecular flexibility index (Phi) is 4.24. The Labute approximate surface area is 129 Å². The highest BCUT2D eigenvalue weighted by Crippen LogP contribution is 2.19. The fourth-order valence-electron chi connectivity index (χ4n) is 1.76. The van der Waals surface area contributed by atoms with Gasteiger partial charge in [0.1, 0.15) is 12.1 Å². The molecule has 0 saturated carbocycles. The first-order valence-corrected chi connectivity index (χ1v) is 7.47. The summed E-state index contributed by atoms with van der Waals surface area (Å²) >= 11 is 1.35. The first-order chi connectivity index (χ1) is 10.7. The highest BCUT2D eigenvalue weighted by molar-refractivity contribution is 7.99. The van der Waals surface area contributed by atoms with Gasteiger partial charge in [-0.3, -0.25) is 4.79 Å². The van der Waals surface area contributed by atoms with Crippen LogP contribution in [0, 0.1) is 0 Å². The summed E-state index contributed by atoms with van der Waals surface area (Å²) in [5, 5.41) is 14.8. The molecule has 0 aliphatic heterocycles. The van der Waals surface area contributed by atoms with Gasteiger partial charge in [0.25, 0.3) is 5.22 Å². The van der Waals surface area contributed by atoms with Gasteiger partial charge in [-0.1, -0.05) is 22.9 Å². The second-order valence-corrected chi connectivity index (χ2v) is 5.35. The molecule has 0 bridgehead atoms. The molecule has 1 aromatic carbocycles. The van der Waals surface area contributed by atoms with Gasteiger partial charge in [0.2, 0.25) is 5.91 Å². The van der Waals surface area contributed by atoms with E-state index in [0.29, 0.717) is 34.7 Å². The van der Waals surface area contributed by atoms with Crippen molar-refractivity contribution in [2.75, 3.05) is 18.2 Å². The summed E-state index contributed by atoms with van der Waals surface area (Å²) in [5.74, 6) is 1.50. The molecule has 3 aromatic rings. The predicted octanol–water partition coefficient (Wildman–Crippen LogP) is 1.85. The first-order valence-electron chi connectivity index (χ1n) is 6.48. The molecule has 22 heavy (non-hydrogen) atoms. The number of ether oxygens (including phenoxy) is 1. The van der Waals surface area contributed by atoms with E-state index in [1.165, 1.54) is 22.6 Å². The maximum Gasteiger partial charge on any atom is 0.345 e. The van der Waals surface area contributed by atoms with Gasteiger partial charge >= 0.3 is 5.84 Å². The van der Waals surface area contributed by atoms with Crippen molar-refractivity contribution in [3.63, 3.8) is 0 Å². The zero-order valence-corrected chi connectivity index (χ0v) is 12.5. The summed E-state index contributed by atoms with van der Waals surface area (Å²) < 4.78 is 11.9. The number of thioether (sulfide) groups is 1. The largest absolute Gasteiger partial charge is 0.497 e. The molecule has 2 aromatic heterocycles. The second-order valence-electron chi connectivity index (χ2n) is 4.30. The van der Waals surface area contributed by atoms with Gasteiger partial charge < -0.3 is 14.5 Å². The molecule has 1 N–H and O–H groups in total. The molecular weight excluding hydrogens is 306 g/mol. The number of fused-ring (bicyclic) bond motifs is 1. The van der Waals surface area contributed by atoms with Crippen molar-refractivity contribution >= 4 is 29.2 Å². The summed E-state index contributed by atoms with van der Waals surface area (Å²) in [6.45, 7) is 0. The van der Waals surface area contributed by atoms with Crippen LogP contribution in [0.2, 0.25) is 0 Å². The van der Waals surface area contributed by atoms with Crippen LogP contribution >= 0.6 is 11.8 Å². The van der Waals surface area contributed by atoms with E-state index in [1.54, 1.807) is 13.2 Å². The van der Waals surface area contributed by atoms with Crippen LogP contribution in [0.25, 0.3) is 5.84 Å². The van der Waals surface area contributed by atoms with Gasteiger partial charge in [-0.25, -0.2) is 0 Å². The average Bonchev–Trinajstić information content (AvgIpc) is 3.08. The molecular formula is C13H13N5O3S. The van der Waals surface area contributed by atoms with Crippen LogP contribution in [0.1, 0.15) is 6.42 Å². The molecule has 0 spiro atoms. The van der Waals surface area contributed by atoms with Crippen molar-refractivity contribution in [2.45, 2.75) is 11.6 Å². The number of benzene rings is 1. The summed E-state index contributed by atoms with van der Waals surface area (Å²) in [5.41, 5.74) is 0.704. The fraction of sp³-hybridized carbons (Fsp3) is 0.231. The van der Waals surface area contributed by atoms with E-state index < -0.39 is 0 Å². The molecule has 0 saturated heterocycles. The van der Waals surface area contributed by atoms with Crippen molar-refractivity contribution in [1.82, 2.24) is 19.8 Å². The van der Waals surface area contributed by atoms with E-state index in [1.807, 2.05) is 18.2 Å². The third-order valence-electron chi connectivity index (χ3n) is 2.78. The molecule has 3 rings (SSSR count). The van der Waals surface area contributed by atoms with E-state index in [2.05, 4.69) is 20.6 Å². The number of anilines is 1.